The van der Waals surface area contributed by atoms with Crippen molar-refractivity contribution in [1.82, 2.24) is 0 Å². The third-order valence-corrected chi connectivity index (χ3v) is 3.35. The molecule has 0 fully saturated rings. The largest absolute Gasteiger partial charge is 0.497 e. The molecule has 0 atom stereocenters. The van der Waals surface area contributed by atoms with E-state index in [-0.39, 0.29) is 16.0 Å². The average Bonchev–Trinajstić information content (AvgIpc) is 2.47. The number of amides is 1. The van der Waals surface area contributed by atoms with Gasteiger partial charge in [0.2, 0.25) is 0 Å². The molecule has 0 bridgehead atoms. The molecule has 1 N–H and O–H groups in total. The molecule has 0 aliphatic heterocycles. The maximum absolute atomic E-state index is 12.2. The molecule has 2 aromatic carbocycles. The molecule has 21 heavy (non-hydrogen) atoms. The average molecular weight is 326 g/mol. The first-order valence-electron chi connectivity index (χ1n) is 6.03. The molecule has 0 unspecified atom stereocenters. The van der Waals surface area contributed by atoms with Crippen LogP contribution in [-0.4, -0.2) is 20.1 Å². The van der Waals surface area contributed by atoms with Crippen LogP contribution in [0, 0.1) is 0 Å². The van der Waals surface area contributed by atoms with Crippen LogP contribution in [0.5, 0.6) is 11.5 Å². The van der Waals surface area contributed by atoms with Crippen molar-refractivity contribution in [1.29, 1.82) is 0 Å². The quantitative estimate of drug-likeness (QED) is 0.913. The lowest BCUT2D eigenvalue weighted by Gasteiger charge is -2.10. The molecule has 0 heterocycles. The fourth-order valence-electron chi connectivity index (χ4n) is 1.79. The minimum Gasteiger partial charge on any atom is -0.497 e. The summed E-state index contributed by atoms with van der Waals surface area (Å²) in [6.45, 7) is 0. The fraction of sp³-hybridized carbons (Fsp3) is 0.133. The zero-order valence-electron chi connectivity index (χ0n) is 11.4. The third kappa shape index (κ3) is 3.60. The van der Waals surface area contributed by atoms with Gasteiger partial charge in [-0.25, -0.2) is 0 Å². The number of carbonyl (C=O) groups is 1. The van der Waals surface area contributed by atoms with Gasteiger partial charge in [0.1, 0.15) is 5.75 Å². The molecule has 110 valence electrons. The first-order chi connectivity index (χ1) is 10.0. The zero-order chi connectivity index (χ0) is 15.4. The predicted molar refractivity (Wildman–Crippen MR) is 84.0 cm³/mol. The second-order valence-corrected chi connectivity index (χ2v) is 4.97. The molecule has 0 radical (unpaired) electrons. The molecule has 0 aromatic heterocycles. The highest BCUT2D eigenvalue weighted by molar-refractivity contribution is 6.37. The monoisotopic (exact) mass is 325 g/mol. The second-order valence-electron chi connectivity index (χ2n) is 4.16. The predicted octanol–water partition coefficient (Wildman–Crippen LogP) is 4.26. The van der Waals surface area contributed by atoms with E-state index in [0.29, 0.717) is 22.7 Å². The molecule has 0 saturated heterocycles. The Morgan fingerprint density at radius 3 is 2.29 bits per heavy atom. The summed E-state index contributed by atoms with van der Waals surface area (Å²) >= 11 is 12.0. The van der Waals surface area contributed by atoms with Gasteiger partial charge in [0, 0.05) is 17.3 Å². The van der Waals surface area contributed by atoms with Crippen molar-refractivity contribution < 1.29 is 14.3 Å². The van der Waals surface area contributed by atoms with Crippen LogP contribution >= 0.6 is 23.2 Å². The number of halogens is 2. The van der Waals surface area contributed by atoms with Gasteiger partial charge < -0.3 is 14.8 Å². The summed E-state index contributed by atoms with van der Waals surface area (Å²) in [7, 11) is 3.02. The Bertz CT molecular complexity index is 651. The van der Waals surface area contributed by atoms with E-state index in [4.69, 9.17) is 32.7 Å². The number of rotatable bonds is 4. The fourth-order valence-corrected chi connectivity index (χ4v) is 2.43. The van der Waals surface area contributed by atoms with E-state index >= 15 is 0 Å². The lowest BCUT2D eigenvalue weighted by atomic mass is 10.2. The Morgan fingerprint density at radius 1 is 1.05 bits per heavy atom. The molecule has 4 nitrogen and oxygen atoms in total. The Hall–Kier alpha value is -1.91. The number of hydrogen-bond acceptors (Lipinski definition) is 3. The van der Waals surface area contributed by atoms with E-state index in [1.807, 2.05) is 0 Å². The molecule has 6 heteroatoms. The van der Waals surface area contributed by atoms with Gasteiger partial charge in [-0.2, -0.15) is 0 Å². The molecule has 0 aliphatic carbocycles. The summed E-state index contributed by atoms with van der Waals surface area (Å²) < 4.78 is 10.1. The van der Waals surface area contributed by atoms with Gasteiger partial charge in [-0.3, -0.25) is 4.79 Å². The Morgan fingerprint density at radius 2 is 1.71 bits per heavy atom. The van der Waals surface area contributed by atoms with Crippen molar-refractivity contribution in [3.05, 3.63) is 52.0 Å². The molecule has 0 saturated carbocycles. The first kappa shape index (κ1) is 15.5. The standard InChI is InChI=1S/C15H13Cl2NO3/c1-20-11-5-3-4-10(8-11)18-15(19)9-6-12(16)14(21-2)13(17)7-9/h3-8H,1-2H3,(H,18,19). The van der Waals surface area contributed by atoms with Crippen LogP contribution in [0.15, 0.2) is 36.4 Å². The Balaban J connectivity index is 2.24. The van der Waals surface area contributed by atoms with Crippen molar-refractivity contribution in [3.8, 4) is 11.5 Å². The zero-order valence-corrected chi connectivity index (χ0v) is 13.0. The Labute approximate surface area is 132 Å². The van der Waals surface area contributed by atoms with E-state index in [1.54, 1.807) is 31.4 Å². The SMILES string of the molecule is COc1cccc(NC(=O)c2cc(Cl)c(OC)c(Cl)c2)c1. The molecule has 2 aromatic rings. The highest BCUT2D eigenvalue weighted by Gasteiger charge is 2.13. The maximum atomic E-state index is 12.2. The normalized spacial score (nSPS) is 10.1. The van der Waals surface area contributed by atoms with Crippen molar-refractivity contribution in [2.75, 3.05) is 19.5 Å². The van der Waals surface area contributed by atoms with Crippen molar-refractivity contribution in [2.45, 2.75) is 0 Å². The topological polar surface area (TPSA) is 47.6 Å². The number of nitrogens with one attached hydrogen (secondary N) is 1. The number of methoxy groups -OCH3 is 2. The lowest BCUT2D eigenvalue weighted by Crippen LogP contribution is -2.12. The van der Waals surface area contributed by atoms with Crippen LogP contribution in [0.2, 0.25) is 10.0 Å². The van der Waals surface area contributed by atoms with Gasteiger partial charge >= 0.3 is 0 Å². The minimum absolute atomic E-state index is 0.279. The van der Waals surface area contributed by atoms with E-state index < -0.39 is 0 Å². The van der Waals surface area contributed by atoms with Crippen molar-refractivity contribution in [3.63, 3.8) is 0 Å². The summed E-state index contributed by atoms with van der Waals surface area (Å²) in [5.41, 5.74) is 0.955. The molecule has 1 amide bonds. The van der Waals surface area contributed by atoms with Gasteiger partial charge in [0.15, 0.2) is 5.75 Å². The summed E-state index contributed by atoms with van der Waals surface area (Å²) in [6, 6.07) is 10.0. The molecule has 0 aliphatic rings. The number of carbonyl (C=O) groups excluding carboxylic acids is 1. The summed E-state index contributed by atoms with van der Waals surface area (Å²) in [6.07, 6.45) is 0. The highest BCUT2D eigenvalue weighted by atomic mass is 35.5. The highest BCUT2D eigenvalue weighted by Crippen LogP contribution is 2.34. The minimum atomic E-state index is -0.324. The van der Waals surface area contributed by atoms with Gasteiger partial charge in [-0.05, 0) is 24.3 Å². The van der Waals surface area contributed by atoms with Crippen molar-refractivity contribution in [2.24, 2.45) is 0 Å². The lowest BCUT2D eigenvalue weighted by molar-refractivity contribution is 0.102. The molecule has 0 spiro atoms. The van der Waals surface area contributed by atoms with Crippen molar-refractivity contribution >= 4 is 34.8 Å². The van der Waals surface area contributed by atoms with Crippen LogP contribution in [0.4, 0.5) is 5.69 Å². The van der Waals surface area contributed by atoms with Gasteiger partial charge in [-0.1, -0.05) is 29.3 Å². The summed E-state index contributed by atoms with van der Waals surface area (Å²) in [5, 5.41) is 3.30. The molecule has 2 rings (SSSR count). The summed E-state index contributed by atoms with van der Waals surface area (Å²) in [5.74, 6) is 0.671. The molecular formula is C15H13Cl2NO3. The summed E-state index contributed by atoms with van der Waals surface area (Å²) in [4.78, 5) is 12.2. The van der Waals surface area contributed by atoms with Crippen LogP contribution < -0.4 is 14.8 Å². The van der Waals surface area contributed by atoms with E-state index in [9.17, 15) is 4.79 Å². The number of hydrogen-bond donors (Lipinski definition) is 1. The van der Waals surface area contributed by atoms with Crippen LogP contribution in [0.1, 0.15) is 10.4 Å². The van der Waals surface area contributed by atoms with Gasteiger partial charge in [-0.15, -0.1) is 0 Å². The smallest absolute Gasteiger partial charge is 0.255 e. The van der Waals surface area contributed by atoms with Crippen LogP contribution in [-0.2, 0) is 0 Å². The van der Waals surface area contributed by atoms with E-state index in [2.05, 4.69) is 5.32 Å². The number of ether oxygens (including phenoxy) is 2. The second kappa shape index (κ2) is 6.70. The number of anilines is 1. The van der Waals surface area contributed by atoms with Crippen LogP contribution in [0.25, 0.3) is 0 Å². The van der Waals surface area contributed by atoms with Gasteiger partial charge in [0.05, 0.1) is 24.3 Å². The Kier molecular flexibility index (Phi) is 4.94. The number of benzene rings is 2. The van der Waals surface area contributed by atoms with Gasteiger partial charge in [0.25, 0.3) is 5.91 Å². The molecular weight excluding hydrogens is 313 g/mol. The van der Waals surface area contributed by atoms with E-state index in [1.165, 1.54) is 19.2 Å². The third-order valence-electron chi connectivity index (χ3n) is 2.79. The first-order valence-corrected chi connectivity index (χ1v) is 6.79. The van der Waals surface area contributed by atoms with E-state index in [0.717, 1.165) is 0 Å². The van der Waals surface area contributed by atoms with Crippen LogP contribution in [0.3, 0.4) is 0 Å². The maximum Gasteiger partial charge on any atom is 0.255 e.